The van der Waals surface area contributed by atoms with E-state index in [0.29, 0.717) is 12.8 Å². The van der Waals surface area contributed by atoms with Crippen LogP contribution in [-0.4, -0.2) is 36.4 Å². The SMILES string of the molecule is CC/C=C\C/C=C\C/C=C\C/C=C\CCCCCCC(=O)OC(CO)COC(=O)CCCCCCCCC/C=C\C/C=C\C/C=C\CC. The molecule has 0 bridgehead atoms. The van der Waals surface area contributed by atoms with Gasteiger partial charge in [-0.1, -0.05) is 144 Å². The summed E-state index contributed by atoms with van der Waals surface area (Å²) in [4.78, 5) is 24.2. The minimum atomic E-state index is -0.793. The zero-order chi connectivity index (χ0) is 35.0. The van der Waals surface area contributed by atoms with Crippen molar-refractivity contribution in [1.29, 1.82) is 0 Å². The average Bonchev–Trinajstić information content (AvgIpc) is 3.09. The van der Waals surface area contributed by atoms with Gasteiger partial charge in [0.05, 0.1) is 6.61 Å². The Hall–Kier alpha value is -2.92. The molecule has 0 rings (SSSR count). The molecule has 0 radical (unpaired) electrons. The average molecular weight is 667 g/mol. The van der Waals surface area contributed by atoms with Gasteiger partial charge in [0.15, 0.2) is 6.10 Å². The first-order valence-corrected chi connectivity index (χ1v) is 19.1. The summed E-state index contributed by atoms with van der Waals surface area (Å²) in [6.45, 7) is 3.86. The van der Waals surface area contributed by atoms with Crippen LogP contribution in [0, 0.1) is 0 Å². The number of ether oxygens (including phenoxy) is 2. The Morgan fingerprint density at radius 3 is 1.25 bits per heavy atom. The molecule has 1 unspecified atom stereocenters. The lowest BCUT2D eigenvalue weighted by molar-refractivity contribution is -0.161. The van der Waals surface area contributed by atoms with Crippen molar-refractivity contribution < 1.29 is 24.2 Å². The maximum Gasteiger partial charge on any atom is 0.306 e. The van der Waals surface area contributed by atoms with Gasteiger partial charge >= 0.3 is 11.9 Å². The van der Waals surface area contributed by atoms with Crippen LogP contribution in [0.5, 0.6) is 0 Å². The predicted molar refractivity (Wildman–Crippen MR) is 205 cm³/mol. The van der Waals surface area contributed by atoms with E-state index in [4.69, 9.17) is 9.47 Å². The summed E-state index contributed by atoms with van der Waals surface area (Å²) in [5, 5.41) is 9.55. The highest BCUT2D eigenvalue weighted by molar-refractivity contribution is 5.70. The quantitative estimate of drug-likeness (QED) is 0.0429. The number of allylic oxidation sites excluding steroid dienone is 14. The van der Waals surface area contributed by atoms with Crippen molar-refractivity contribution in [3.63, 3.8) is 0 Å². The normalized spacial score (nSPS) is 13.1. The second-order valence-electron chi connectivity index (χ2n) is 12.2. The second-order valence-corrected chi connectivity index (χ2v) is 12.2. The van der Waals surface area contributed by atoms with Crippen LogP contribution in [0.25, 0.3) is 0 Å². The maximum absolute atomic E-state index is 12.2. The van der Waals surface area contributed by atoms with Gasteiger partial charge in [-0.3, -0.25) is 9.59 Å². The van der Waals surface area contributed by atoms with Crippen LogP contribution in [0.2, 0.25) is 0 Å². The Balaban J connectivity index is 3.66. The minimum absolute atomic E-state index is 0.0863. The number of hydrogen-bond acceptors (Lipinski definition) is 5. The number of esters is 2. The van der Waals surface area contributed by atoms with Gasteiger partial charge in [0.2, 0.25) is 0 Å². The Morgan fingerprint density at radius 2 is 0.833 bits per heavy atom. The van der Waals surface area contributed by atoms with E-state index in [1.807, 2.05) is 0 Å². The van der Waals surface area contributed by atoms with Crippen LogP contribution < -0.4 is 0 Å². The van der Waals surface area contributed by atoms with Crippen LogP contribution in [0.3, 0.4) is 0 Å². The first kappa shape index (κ1) is 45.1. The second kappa shape index (κ2) is 38.5. The highest BCUT2D eigenvalue weighted by Crippen LogP contribution is 2.12. The summed E-state index contributed by atoms with van der Waals surface area (Å²) in [5.74, 6) is -0.639. The van der Waals surface area contributed by atoms with Crippen molar-refractivity contribution in [3.05, 3.63) is 85.1 Å². The standard InChI is InChI=1S/C43H70O5/c1-3-5-7-9-11-13-15-17-19-21-23-25-27-29-31-33-35-37-42(45)47-40-41(39-44)48-43(46)38-36-34-32-30-28-26-24-22-20-18-16-14-12-10-8-6-4-2/h5-8,11-14,17-20,24,26,41,44H,3-4,9-10,15-16,21-23,25,27-40H2,1-2H3/b7-5-,8-6-,13-11-,14-12-,19-17-,20-18-,26-24-. The molecule has 1 N–H and O–H groups in total. The smallest absolute Gasteiger partial charge is 0.306 e. The molecule has 0 aromatic carbocycles. The van der Waals surface area contributed by atoms with Crippen molar-refractivity contribution >= 4 is 11.9 Å². The molecule has 272 valence electrons. The number of carbonyl (C=O) groups excluding carboxylic acids is 2. The minimum Gasteiger partial charge on any atom is -0.462 e. The molecule has 0 aliphatic heterocycles. The van der Waals surface area contributed by atoms with E-state index in [9.17, 15) is 14.7 Å². The molecule has 0 aromatic heterocycles. The van der Waals surface area contributed by atoms with Crippen LogP contribution >= 0.6 is 0 Å². The van der Waals surface area contributed by atoms with E-state index in [0.717, 1.165) is 103 Å². The van der Waals surface area contributed by atoms with Crippen LogP contribution in [0.4, 0.5) is 0 Å². The molecule has 0 saturated carbocycles. The van der Waals surface area contributed by atoms with Gasteiger partial charge in [0.1, 0.15) is 6.61 Å². The topological polar surface area (TPSA) is 72.8 Å². The Kier molecular flexibility index (Phi) is 36.2. The highest BCUT2D eigenvalue weighted by Gasteiger charge is 2.16. The van der Waals surface area contributed by atoms with Crippen molar-refractivity contribution in [2.45, 2.75) is 161 Å². The largest absolute Gasteiger partial charge is 0.462 e. The molecule has 5 nitrogen and oxygen atoms in total. The van der Waals surface area contributed by atoms with Gasteiger partial charge in [-0.25, -0.2) is 0 Å². The lowest BCUT2D eigenvalue weighted by atomic mass is 10.1. The molecule has 48 heavy (non-hydrogen) atoms. The van der Waals surface area contributed by atoms with E-state index in [-0.39, 0.29) is 25.2 Å². The van der Waals surface area contributed by atoms with Gasteiger partial charge in [0, 0.05) is 12.8 Å². The number of unbranched alkanes of at least 4 members (excludes halogenated alkanes) is 11. The third kappa shape index (κ3) is 35.9. The molecule has 0 aromatic rings. The monoisotopic (exact) mass is 667 g/mol. The molecule has 1 atom stereocenters. The van der Waals surface area contributed by atoms with Gasteiger partial charge in [-0.15, -0.1) is 0 Å². The molecule has 0 heterocycles. The van der Waals surface area contributed by atoms with Gasteiger partial charge in [0.25, 0.3) is 0 Å². The zero-order valence-electron chi connectivity index (χ0n) is 30.7. The number of rotatable bonds is 33. The number of aliphatic hydroxyl groups excluding tert-OH is 1. The Labute approximate surface area is 295 Å². The third-order valence-corrected chi connectivity index (χ3v) is 7.68. The summed E-state index contributed by atoms with van der Waals surface area (Å²) in [7, 11) is 0. The van der Waals surface area contributed by atoms with Gasteiger partial charge < -0.3 is 14.6 Å². The lowest BCUT2D eigenvalue weighted by Crippen LogP contribution is -2.28. The van der Waals surface area contributed by atoms with E-state index in [1.54, 1.807) is 0 Å². The molecule has 0 amide bonds. The highest BCUT2D eigenvalue weighted by atomic mass is 16.6. The van der Waals surface area contributed by atoms with E-state index < -0.39 is 6.10 Å². The molecule has 0 aliphatic rings. The van der Waals surface area contributed by atoms with Crippen molar-refractivity contribution in [2.24, 2.45) is 0 Å². The lowest BCUT2D eigenvalue weighted by Gasteiger charge is -2.15. The molecule has 0 aliphatic carbocycles. The van der Waals surface area contributed by atoms with Crippen molar-refractivity contribution in [2.75, 3.05) is 13.2 Å². The van der Waals surface area contributed by atoms with Crippen LogP contribution in [0.15, 0.2) is 85.1 Å². The fraction of sp³-hybridized carbons (Fsp3) is 0.628. The fourth-order valence-electron chi connectivity index (χ4n) is 4.85. The van der Waals surface area contributed by atoms with Crippen molar-refractivity contribution in [3.8, 4) is 0 Å². The van der Waals surface area contributed by atoms with Crippen LogP contribution in [0.1, 0.15) is 155 Å². The first-order valence-electron chi connectivity index (χ1n) is 19.1. The van der Waals surface area contributed by atoms with Gasteiger partial charge in [-0.2, -0.15) is 0 Å². The van der Waals surface area contributed by atoms with Gasteiger partial charge in [-0.05, 0) is 83.5 Å². The summed E-state index contributed by atoms with van der Waals surface area (Å²) < 4.78 is 10.6. The summed E-state index contributed by atoms with van der Waals surface area (Å²) in [6.07, 6.45) is 52.1. The molecule has 0 fully saturated rings. The molecule has 0 saturated heterocycles. The third-order valence-electron chi connectivity index (χ3n) is 7.68. The number of carbonyl (C=O) groups is 2. The summed E-state index contributed by atoms with van der Waals surface area (Å²) in [5.41, 5.74) is 0. The Morgan fingerprint density at radius 1 is 0.479 bits per heavy atom. The molecular weight excluding hydrogens is 596 g/mol. The Bertz CT molecular complexity index is 937. The molecule has 5 heteroatoms. The first-order chi connectivity index (χ1) is 23.6. The zero-order valence-corrected chi connectivity index (χ0v) is 30.7. The van der Waals surface area contributed by atoms with Crippen molar-refractivity contribution in [1.82, 2.24) is 0 Å². The van der Waals surface area contributed by atoms with E-state index in [2.05, 4.69) is 98.9 Å². The summed E-state index contributed by atoms with van der Waals surface area (Å²) in [6, 6.07) is 0. The fourth-order valence-corrected chi connectivity index (χ4v) is 4.85. The number of aliphatic hydroxyl groups is 1. The number of hydrogen-bond donors (Lipinski definition) is 1. The molecular formula is C43H70O5. The van der Waals surface area contributed by atoms with E-state index in [1.165, 1.54) is 25.7 Å². The molecule has 0 spiro atoms. The van der Waals surface area contributed by atoms with E-state index >= 15 is 0 Å². The van der Waals surface area contributed by atoms with Crippen LogP contribution in [-0.2, 0) is 19.1 Å². The predicted octanol–water partition coefficient (Wildman–Crippen LogP) is 11.9. The maximum atomic E-state index is 12.2. The summed E-state index contributed by atoms with van der Waals surface area (Å²) >= 11 is 0.